The highest BCUT2D eigenvalue weighted by atomic mass is 16.7. The second-order valence-electron chi connectivity index (χ2n) is 8.03. The summed E-state index contributed by atoms with van der Waals surface area (Å²) in [5, 5.41) is 3.07. The topological polar surface area (TPSA) is 76.4 Å². The van der Waals surface area contributed by atoms with E-state index in [-0.39, 0.29) is 18.7 Å². The summed E-state index contributed by atoms with van der Waals surface area (Å²) in [6, 6.07) is 17.2. The zero-order valence-corrected chi connectivity index (χ0v) is 18.5. The number of fused-ring (bicyclic) bond motifs is 1. The largest absolute Gasteiger partial charge is 0.497 e. The first-order chi connectivity index (χ1) is 16.2. The van der Waals surface area contributed by atoms with Gasteiger partial charge in [-0.25, -0.2) is 0 Å². The second kappa shape index (κ2) is 9.46. The number of piperazine rings is 1. The summed E-state index contributed by atoms with van der Waals surface area (Å²) >= 11 is 0. The Bertz CT molecular complexity index is 1080. The van der Waals surface area contributed by atoms with Crippen LogP contribution >= 0.6 is 0 Å². The summed E-state index contributed by atoms with van der Waals surface area (Å²) in [6.45, 7) is 4.13. The first-order valence-electron chi connectivity index (χ1n) is 11.1. The lowest BCUT2D eigenvalue weighted by Gasteiger charge is -2.39. The average Bonchev–Trinajstić information content (AvgIpc) is 3.56. The summed E-state index contributed by atoms with van der Waals surface area (Å²) < 4.78 is 21.7. The fourth-order valence-electron chi connectivity index (χ4n) is 4.30. The third-order valence-electron chi connectivity index (χ3n) is 6.15. The van der Waals surface area contributed by atoms with Crippen LogP contribution in [0.2, 0.25) is 0 Å². The molecule has 0 radical (unpaired) electrons. The number of ether oxygens (including phenoxy) is 3. The van der Waals surface area contributed by atoms with Crippen molar-refractivity contribution in [1.82, 2.24) is 10.2 Å². The van der Waals surface area contributed by atoms with Crippen molar-refractivity contribution < 1.29 is 23.4 Å². The van der Waals surface area contributed by atoms with E-state index in [9.17, 15) is 4.79 Å². The Morgan fingerprint density at radius 3 is 2.55 bits per heavy atom. The zero-order valence-electron chi connectivity index (χ0n) is 18.5. The van der Waals surface area contributed by atoms with Crippen molar-refractivity contribution in [2.75, 3.05) is 51.5 Å². The van der Waals surface area contributed by atoms with Crippen LogP contribution in [0.3, 0.4) is 0 Å². The lowest BCUT2D eigenvalue weighted by Crippen LogP contribution is -2.49. The third kappa shape index (κ3) is 4.61. The normalized spacial score (nSPS) is 16.5. The summed E-state index contributed by atoms with van der Waals surface area (Å²) in [4.78, 5) is 17.5. The number of benzene rings is 2. The van der Waals surface area contributed by atoms with Crippen molar-refractivity contribution >= 4 is 11.6 Å². The first kappa shape index (κ1) is 21.2. The average molecular weight is 450 g/mol. The van der Waals surface area contributed by atoms with E-state index >= 15 is 0 Å². The van der Waals surface area contributed by atoms with Crippen LogP contribution < -0.4 is 24.4 Å². The van der Waals surface area contributed by atoms with Gasteiger partial charge in [-0.15, -0.1) is 0 Å². The fourth-order valence-corrected chi connectivity index (χ4v) is 4.30. The minimum atomic E-state index is -0.151. The van der Waals surface area contributed by atoms with Gasteiger partial charge in [0.05, 0.1) is 19.4 Å². The molecule has 2 aromatic carbocycles. The number of hydrogen-bond acceptors (Lipinski definition) is 7. The van der Waals surface area contributed by atoms with Crippen molar-refractivity contribution in [2.24, 2.45) is 0 Å². The molecule has 3 heterocycles. The van der Waals surface area contributed by atoms with Crippen molar-refractivity contribution in [3.63, 3.8) is 0 Å². The molecule has 1 saturated heterocycles. The SMILES string of the molecule is COc1ccc(N2CCN([C@@H](CNC(=O)c3ccc4c(c3)OCO4)c3ccco3)CC2)cc1. The monoisotopic (exact) mass is 449 g/mol. The number of carbonyl (C=O) groups is 1. The quantitative estimate of drug-likeness (QED) is 0.593. The minimum absolute atomic E-state index is 0.0454. The number of furan rings is 1. The molecule has 0 spiro atoms. The number of anilines is 1. The van der Waals surface area contributed by atoms with Gasteiger partial charge in [0.25, 0.3) is 5.91 Å². The maximum atomic E-state index is 12.8. The van der Waals surface area contributed by atoms with Crippen LogP contribution in [-0.4, -0.2) is 57.4 Å². The highest BCUT2D eigenvalue weighted by Crippen LogP contribution is 2.32. The molecule has 0 bridgehead atoms. The first-order valence-corrected chi connectivity index (χ1v) is 11.1. The van der Waals surface area contributed by atoms with Crippen LogP contribution in [0.4, 0.5) is 5.69 Å². The Balaban J connectivity index is 1.23. The van der Waals surface area contributed by atoms with E-state index in [1.807, 2.05) is 24.3 Å². The predicted octanol–water partition coefficient (Wildman–Crippen LogP) is 3.31. The van der Waals surface area contributed by atoms with Crippen LogP contribution in [0.1, 0.15) is 22.2 Å². The standard InChI is InChI=1S/C25H27N3O5/c1-30-20-7-5-19(6-8-20)27-10-12-28(13-11-27)21(22-3-2-14-31-22)16-26-25(29)18-4-9-23-24(15-18)33-17-32-23/h2-9,14-15,21H,10-13,16-17H2,1H3,(H,26,29)/t21-/m0/s1. The molecule has 1 amide bonds. The highest BCUT2D eigenvalue weighted by Gasteiger charge is 2.28. The van der Waals surface area contributed by atoms with Crippen molar-refractivity contribution in [3.05, 3.63) is 72.2 Å². The summed E-state index contributed by atoms with van der Waals surface area (Å²) in [6.07, 6.45) is 1.68. The van der Waals surface area contributed by atoms with Gasteiger partial charge in [0.2, 0.25) is 6.79 Å². The predicted molar refractivity (Wildman–Crippen MR) is 123 cm³/mol. The van der Waals surface area contributed by atoms with Crippen LogP contribution in [0, 0.1) is 0 Å². The fraction of sp³-hybridized carbons (Fsp3) is 0.320. The maximum Gasteiger partial charge on any atom is 0.251 e. The molecule has 1 atom stereocenters. The van der Waals surface area contributed by atoms with E-state index in [0.29, 0.717) is 23.6 Å². The van der Waals surface area contributed by atoms with Gasteiger partial charge >= 0.3 is 0 Å². The number of nitrogens with zero attached hydrogens (tertiary/aromatic N) is 2. The molecule has 0 unspecified atom stereocenters. The number of amides is 1. The minimum Gasteiger partial charge on any atom is -0.497 e. The molecular weight excluding hydrogens is 422 g/mol. The molecule has 2 aliphatic rings. The van der Waals surface area contributed by atoms with Crippen LogP contribution in [-0.2, 0) is 0 Å². The summed E-state index contributed by atoms with van der Waals surface area (Å²) in [7, 11) is 1.67. The van der Waals surface area contributed by atoms with E-state index in [1.54, 1.807) is 31.6 Å². The number of hydrogen-bond donors (Lipinski definition) is 1. The summed E-state index contributed by atoms with van der Waals surface area (Å²) in [5.74, 6) is 2.81. The van der Waals surface area contributed by atoms with Gasteiger partial charge in [-0.3, -0.25) is 9.69 Å². The molecule has 2 aliphatic heterocycles. The molecule has 5 rings (SSSR count). The molecule has 0 aliphatic carbocycles. The molecule has 1 aromatic heterocycles. The number of nitrogens with one attached hydrogen (secondary N) is 1. The number of methoxy groups -OCH3 is 1. The maximum absolute atomic E-state index is 12.8. The molecular formula is C25H27N3O5. The van der Waals surface area contributed by atoms with Crippen LogP contribution in [0.5, 0.6) is 17.2 Å². The van der Waals surface area contributed by atoms with E-state index in [0.717, 1.165) is 37.7 Å². The van der Waals surface area contributed by atoms with Crippen molar-refractivity contribution in [3.8, 4) is 17.2 Å². The molecule has 1 N–H and O–H groups in total. The van der Waals surface area contributed by atoms with Gasteiger partial charge in [-0.1, -0.05) is 0 Å². The molecule has 3 aromatic rings. The smallest absolute Gasteiger partial charge is 0.251 e. The van der Waals surface area contributed by atoms with Gasteiger partial charge in [0, 0.05) is 44.0 Å². The number of carbonyl (C=O) groups excluding carboxylic acids is 1. The molecule has 8 nitrogen and oxygen atoms in total. The van der Waals surface area contributed by atoms with Gasteiger partial charge in [0.1, 0.15) is 11.5 Å². The molecule has 8 heteroatoms. The highest BCUT2D eigenvalue weighted by molar-refractivity contribution is 5.95. The molecule has 33 heavy (non-hydrogen) atoms. The van der Waals surface area contributed by atoms with E-state index in [2.05, 4.69) is 27.2 Å². The van der Waals surface area contributed by atoms with E-state index in [1.165, 1.54) is 5.69 Å². The Morgan fingerprint density at radius 1 is 1.03 bits per heavy atom. The zero-order chi connectivity index (χ0) is 22.6. The second-order valence-corrected chi connectivity index (χ2v) is 8.03. The molecule has 1 fully saturated rings. The van der Waals surface area contributed by atoms with E-state index in [4.69, 9.17) is 18.6 Å². The van der Waals surface area contributed by atoms with Crippen LogP contribution in [0.15, 0.2) is 65.3 Å². The van der Waals surface area contributed by atoms with Gasteiger partial charge in [-0.05, 0) is 54.6 Å². The third-order valence-corrected chi connectivity index (χ3v) is 6.15. The lowest BCUT2D eigenvalue weighted by atomic mass is 10.1. The van der Waals surface area contributed by atoms with Crippen molar-refractivity contribution in [1.29, 1.82) is 0 Å². The Kier molecular flexibility index (Phi) is 6.08. The molecule has 172 valence electrons. The van der Waals surface area contributed by atoms with Crippen LogP contribution in [0.25, 0.3) is 0 Å². The van der Waals surface area contributed by atoms with E-state index < -0.39 is 0 Å². The van der Waals surface area contributed by atoms with Gasteiger partial charge in [-0.2, -0.15) is 0 Å². The Hall–Kier alpha value is -3.65. The number of rotatable bonds is 7. The van der Waals surface area contributed by atoms with Gasteiger partial charge in [0.15, 0.2) is 11.5 Å². The van der Waals surface area contributed by atoms with Crippen molar-refractivity contribution in [2.45, 2.75) is 6.04 Å². The Morgan fingerprint density at radius 2 is 1.82 bits per heavy atom. The summed E-state index contributed by atoms with van der Waals surface area (Å²) in [5.41, 5.74) is 1.72. The molecule has 0 saturated carbocycles. The van der Waals surface area contributed by atoms with Gasteiger partial charge < -0.3 is 28.8 Å². The lowest BCUT2D eigenvalue weighted by molar-refractivity contribution is 0.0922. The Labute approximate surface area is 192 Å².